The molecule has 0 aliphatic carbocycles. The van der Waals surface area contributed by atoms with Gasteiger partial charge in [0.2, 0.25) is 0 Å². The van der Waals surface area contributed by atoms with E-state index in [1.165, 1.54) is 0 Å². The summed E-state index contributed by atoms with van der Waals surface area (Å²) in [6.45, 7) is 2.46. The molecular weight excluding hydrogens is 232 g/mol. The Bertz CT molecular complexity index is 472. The van der Waals surface area contributed by atoms with E-state index >= 15 is 0 Å². The molecule has 0 radical (unpaired) electrons. The van der Waals surface area contributed by atoms with Crippen LogP contribution in [0.1, 0.15) is 18.1 Å². The van der Waals surface area contributed by atoms with Crippen molar-refractivity contribution in [1.82, 2.24) is 0 Å². The first-order chi connectivity index (χ1) is 8.26. The van der Waals surface area contributed by atoms with Crippen LogP contribution >= 0.6 is 11.8 Å². The van der Waals surface area contributed by atoms with Crippen molar-refractivity contribution in [2.75, 3.05) is 12.9 Å². The Morgan fingerprint density at radius 3 is 2.35 bits per heavy atom. The second kappa shape index (κ2) is 6.83. The number of nitriles is 2. The van der Waals surface area contributed by atoms with Gasteiger partial charge in [0.15, 0.2) is 0 Å². The van der Waals surface area contributed by atoms with Crippen LogP contribution < -0.4 is 4.74 Å². The average molecular weight is 246 g/mol. The zero-order valence-electron chi connectivity index (χ0n) is 9.99. The third-order valence-corrected chi connectivity index (χ3v) is 3.12. The van der Waals surface area contributed by atoms with Crippen LogP contribution in [0.15, 0.2) is 17.0 Å². The van der Waals surface area contributed by atoms with Crippen LogP contribution in [0.5, 0.6) is 5.75 Å². The number of nitrogens with zero attached hydrogens (tertiary/aromatic N) is 2. The Kier molecular flexibility index (Phi) is 5.39. The summed E-state index contributed by atoms with van der Waals surface area (Å²) in [5, 5.41) is 17.6. The summed E-state index contributed by atoms with van der Waals surface area (Å²) in [6.07, 6.45) is 2.66. The van der Waals surface area contributed by atoms with Gasteiger partial charge in [-0.3, -0.25) is 0 Å². The highest BCUT2D eigenvalue weighted by molar-refractivity contribution is 7.98. The molecule has 4 heteroatoms. The topological polar surface area (TPSA) is 56.8 Å². The molecule has 1 rings (SSSR count). The fourth-order valence-corrected chi connectivity index (χ4v) is 2.22. The van der Waals surface area contributed by atoms with Gasteiger partial charge in [-0.05, 0) is 30.9 Å². The van der Waals surface area contributed by atoms with Gasteiger partial charge >= 0.3 is 0 Å². The van der Waals surface area contributed by atoms with Gasteiger partial charge in [-0.1, -0.05) is 0 Å². The first-order valence-corrected chi connectivity index (χ1v) is 6.55. The standard InChI is InChI=1S/C13H14N2OS/c1-3-16-12-8-11(5-7-15)13(17-2)9-10(12)4-6-14/h8-9H,3-5H2,1-2H3. The van der Waals surface area contributed by atoms with E-state index in [0.717, 1.165) is 21.8 Å². The number of ether oxygens (including phenoxy) is 1. The summed E-state index contributed by atoms with van der Waals surface area (Å²) in [7, 11) is 0. The molecular formula is C13H14N2OS. The largest absolute Gasteiger partial charge is 0.494 e. The fourth-order valence-electron chi connectivity index (χ4n) is 1.57. The molecule has 0 N–H and O–H groups in total. The van der Waals surface area contributed by atoms with E-state index in [2.05, 4.69) is 12.1 Å². The summed E-state index contributed by atoms with van der Waals surface area (Å²) in [4.78, 5) is 1.04. The van der Waals surface area contributed by atoms with Crippen molar-refractivity contribution >= 4 is 11.8 Å². The summed E-state index contributed by atoms with van der Waals surface area (Å²) in [6, 6.07) is 8.11. The average Bonchev–Trinajstić information content (AvgIpc) is 2.33. The highest BCUT2D eigenvalue weighted by atomic mass is 32.2. The first kappa shape index (κ1) is 13.4. The summed E-state index contributed by atoms with van der Waals surface area (Å²) >= 11 is 1.59. The van der Waals surface area contributed by atoms with Crippen molar-refractivity contribution in [2.24, 2.45) is 0 Å². The molecule has 17 heavy (non-hydrogen) atoms. The van der Waals surface area contributed by atoms with Gasteiger partial charge in [-0.15, -0.1) is 11.8 Å². The smallest absolute Gasteiger partial charge is 0.123 e. The van der Waals surface area contributed by atoms with Gasteiger partial charge in [0.1, 0.15) is 5.75 Å². The molecule has 0 saturated carbocycles. The Labute approximate surface area is 106 Å². The minimum absolute atomic E-state index is 0.329. The molecule has 3 nitrogen and oxygen atoms in total. The summed E-state index contributed by atoms with van der Waals surface area (Å²) in [5.41, 5.74) is 1.85. The quantitative estimate of drug-likeness (QED) is 0.749. The number of rotatable bonds is 5. The monoisotopic (exact) mass is 246 g/mol. The SMILES string of the molecule is CCOc1cc(CC#N)c(SC)cc1CC#N. The van der Waals surface area contributed by atoms with E-state index in [4.69, 9.17) is 15.3 Å². The van der Waals surface area contributed by atoms with Crippen molar-refractivity contribution < 1.29 is 4.74 Å². The maximum absolute atomic E-state index is 8.78. The van der Waals surface area contributed by atoms with Gasteiger partial charge in [0.05, 0.1) is 31.6 Å². The highest BCUT2D eigenvalue weighted by Crippen LogP contribution is 2.30. The van der Waals surface area contributed by atoms with Crippen molar-refractivity contribution in [3.05, 3.63) is 23.3 Å². The molecule has 1 aromatic rings. The molecule has 1 aromatic carbocycles. The number of hydrogen-bond acceptors (Lipinski definition) is 4. The van der Waals surface area contributed by atoms with Gasteiger partial charge in [-0.2, -0.15) is 10.5 Å². The molecule has 0 atom stereocenters. The maximum atomic E-state index is 8.78. The van der Waals surface area contributed by atoms with E-state index in [1.807, 2.05) is 25.3 Å². The van der Waals surface area contributed by atoms with E-state index < -0.39 is 0 Å². The molecule has 0 amide bonds. The molecule has 0 unspecified atom stereocenters. The third-order valence-electron chi connectivity index (χ3n) is 2.30. The predicted octanol–water partition coefficient (Wildman–Crippen LogP) is 2.94. The zero-order valence-corrected chi connectivity index (χ0v) is 10.8. The van der Waals surface area contributed by atoms with Crippen LogP contribution in [-0.2, 0) is 12.8 Å². The third kappa shape index (κ3) is 3.41. The molecule has 0 fully saturated rings. The normalized spacial score (nSPS) is 9.41. The second-order valence-electron chi connectivity index (χ2n) is 3.37. The van der Waals surface area contributed by atoms with Gasteiger partial charge in [0, 0.05) is 10.5 Å². The van der Waals surface area contributed by atoms with Crippen LogP contribution in [0, 0.1) is 22.7 Å². The number of thioether (sulfide) groups is 1. The molecule has 0 spiro atoms. The van der Waals surface area contributed by atoms with Crippen LogP contribution in [-0.4, -0.2) is 12.9 Å². The van der Waals surface area contributed by atoms with Gasteiger partial charge in [0.25, 0.3) is 0 Å². The van der Waals surface area contributed by atoms with Gasteiger partial charge < -0.3 is 4.74 Å². The predicted molar refractivity (Wildman–Crippen MR) is 68.0 cm³/mol. The molecule has 0 saturated heterocycles. The van der Waals surface area contributed by atoms with Crippen LogP contribution in [0.2, 0.25) is 0 Å². The Hall–Kier alpha value is -1.65. The van der Waals surface area contributed by atoms with Crippen LogP contribution in [0.3, 0.4) is 0 Å². The summed E-state index contributed by atoms with van der Waals surface area (Å²) in [5.74, 6) is 0.720. The molecule has 88 valence electrons. The Balaban J connectivity index is 3.22. The lowest BCUT2D eigenvalue weighted by Crippen LogP contribution is -1.99. The lowest BCUT2D eigenvalue weighted by molar-refractivity contribution is 0.336. The molecule has 0 aliphatic heterocycles. The number of hydrogen-bond donors (Lipinski definition) is 0. The minimum Gasteiger partial charge on any atom is -0.494 e. The maximum Gasteiger partial charge on any atom is 0.123 e. The molecule has 0 aromatic heterocycles. The van der Waals surface area contributed by atoms with Crippen LogP contribution in [0.25, 0.3) is 0 Å². The Morgan fingerprint density at radius 1 is 1.18 bits per heavy atom. The van der Waals surface area contributed by atoms with Crippen molar-refractivity contribution in [2.45, 2.75) is 24.7 Å². The van der Waals surface area contributed by atoms with Crippen LogP contribution in [0.4, 0.5) is 0 Å². The van der Waals surface area contributed by atoms with Crippen molar-refractivity contribution in [1.29, 1.82) is 10.5 Å². The fraction of sp³-hybridized carbons (Fsp3) is 0.385. The lowest BCUT2D eigenvalue weighted by Gasteiger charge is -2.12. The molecule has 0 heterocycles. The minimum atomic E-state index is 0.329. The van der Waals surface area contributed by atoms with Crippen molar-refractivity contribution in [3.63, 3.8) is 0 Å². The summed E-state index contributed by atoms with van der Waals surface area (Å²) < 4.78 is 5.51. The van der Waals surface area contributed by atoms with Crippen molar-refractivity contribution in [3.8, 4) is 17.9 Å². The van der Waals surface area contributed by atoms with E-state index in [-0.39, 0.29) is 0 Å². The first-order valence-electron chi connectivity index (χ1n) is 5.33. The van der Waals surface area contributed by atoms with E-state index in [1.54, 1.807) is 11.8 Å². The zero-order chi connectivity index (χ0) is 12.7. The number of benzene rings is 1. The molecule has 0 aliphatic rings. The Morgan fingerprint density at radius 2 is 1.82 bits per heavy atom. The highest BCUT2D eigenvalue weighted by Gasteiger charge is 2.10. The molecule has 0 bridgehead atoms. The second-order valence-corrected chi connectivity index (χ2v) is 4.22. The van der Waals surface area contributed by atoms with E-state index in [0.29, 0.717) is 19.4 Å². The van der Waals surface area contributed by atoms with E-state index in [9.17, 15) is 0 Å². The lowest BCUT2D eigenvalue weighted by atomic mass is 10.1. The van der Waals surface area contributed by atoms with Gasteiger partial charge in [-0.25, -0.2) is 0 Å².